The van der Waals surface area contributed by atoms with Crippen molar-refractivity contribution < 1.29 is 19.3 Å². The molecule has 0 saturated carbocycles. The second-order valence-corrected chi connectivity index (χ2v) is 9.52. The van der Waals surface area contributed by atoms with Gasteiger partial charge in [-0.25, -0.2) is 9.97 Å². The smallest absolute Gasteiger partial charge is 0.212 e. The minimum absolute atomic E-state index is 0.160. The number of methoxy groups -OCH3 is 2. The van der Waals surface area contributed by atoms with Crippen molar-refractivity contribution in [1.82, 2.24) is 19.9 Å². The lowest BCUT2D eigenvalue weighted by atomic mass is 9.98. The number of aliphatic hydroxyl groups is 1. The number of benzene rings is 2. The first-order valence-electron chi connectivity index (χ1n) is 13.2. The van der Waals surface area contributed by atoms with E-state index in [0.29, 0.717) is 53.5 Å². The number of hydrogen-bond donors (Lipinski definition) is 1. The van der Waals surface area contributed by atoms with Crippen molar-refractivity contribution in [2.75, 3.05) is 58.5 Å². The number of hydrogen-bond acceptors (Lipinski definition) is 10. The lowest BCUT2D eigenvalue weighted by Gasteiger charge is -2.34. The number of anilines is 1. The van der Waals surface area contributed by atoms with E-state index >= 15 is 0 Å². The molecule has 1 N–H and O–H groups in total. The largest absolute Gasteiger partial charge is 0.493 e. The van der Waals surface area contributed by atoms with E-state index in [9.17, 15) is 10.4 Å². The van der Waals surface area contributed by atoms with Gasteiger partial charge in [-0.15, -0.1) is 0 Å². The highest BCUT2D eigenvalue weighted by atomic mass is 16.5. The zero-order chi connectivity index (χ0) is 27.9. The second-order valence-electron chi connectivity index (χ2n) is 9.52. The van der Waals surface area contributed by atoms with Gasteiger partial charge in [-0.1, -0.05) is 12.1 Å². The Balaban J connectivity index is 1.33. The maximum Gasteiger partial charge on any atom is 0.212 e. The SMILES string of the molecule is COc1ccc(COc2ccc(Cc3ccc4ncc(N5CCN(CCO)CC5)nc4c3C#N)cc2OC)cn1. The highest BCUT2D eigenvalue weighted by molar-refractivity contribution is 5.83. The highest BCUT2D eigenvalue weighted by Gasteiger charge is 2.19. The van der Waals surface area contributed by atoms with Crippen LogP contribution in [-0.2, 0) is 13.0 Å². The quantitative estimate of drug-likeness (QED) is 0.321. The standard InChI is InChI=1S/C30H32N6O4/c1-38-27-16-21(3-7-26(27)40-20-22-4-8-29(39-2)33-18-22)15-23-5-6-25-30(24(23)17-31)34-28(19-32-25)36-11-9-35(10-12-36)13-14-37/h3-8,16,18-19,37H,9-15,20H2,1-2H3. The van der Waals surface area contributed by atoms with Gasteiger partial charge in [-0.05, 0) is 41.8 Å². The van der Waals surface area contributed by atoms with Crippen molar-refractivity contribution in [2.24, 2.45) is 0 Å². The van der Waals surface area contributed by atoms with E-state index in [0.717, 1.165) is 48.7 Å². The van der Waals surface area contributed by atoms with Crippen LogP contribution >= 0.6 is 0 Å². The predicted octanol–water partition coefficient (Wildman–Crippen LogP) is 3.20. The number of pyridine rings is 1. The van der Waals surface area contributed by atoms with Crippen LogP contribution < -0.4 is 19.1 Å². The van der Waals surface area contributed by atoms with E-state index in [4.69, 9.17) is 19.2 Å². The van der Waals surface area contributed by atoms with Crippen molar-refractivity contribution in [3.05, 3.63) is 77.1 Å². The van der Waals surface area contributed by atoms with Crippen LogP contribution in [-0.4, -0.2) is 78.5 Å². The van der Waals surface area contributed by atoms with Crippen LogP contribution in [0.2, 0.25) is 0 Å². The molecular weight excluding hydrogens is 508 g/mol. The van der Waals surface area contributed by atoms with Gasteiger partial charge in [0.15, 0.2) is 11.5 Å². The first kappa shape index (κ1) is 27.1. The van der Waals surface area contributed by atoms with E-state index in [1.807, 2.05) is 36.4 Å². The molecule has 0 bridgehead atoms. The number of β-amino-alcohol motifs (C(OH)–C–C–N with tert-alkyl or cyclic N) is 1. The van der Waals surface area contributed by atoms with E-state index < -0.39 is 0 Å². The third-order valence-corrected chi connectivity index (χ3v) is 7.04. The van der Waals surface area contributed by atoms with Crippen LogP contribution in [0.3, 0.4) is 0 Å². The Morgan fingerprint density at radius 1 is 0.925 bits per heavy atom. The fraction of sp³-hybridized carbons (Fsp3) is 0.333. The van der Waals surface area contributed by atoms with Crippen molar-refractivity contribution >= 4 is 16.9 Å². The summed E-state index contributed by atoms with van der Waals surface area (Å²) in [4.78, 5) is 18.1. The number of rotatable bonds is 10. The minimum atomic E-state index is 0.160. The van der Waals surface area contributed by atoms with Crippen LogP contribution in [0, 0.1) is 11.3 Å². The lowest BCUT2D eigenvalue weighted by molar-refractivity contribution is 0.188. The van der Waals surface area contributed by atoms with Gasteiger partial charge in [0.05, 0.1) is 38.1 Å². The Kier molecular flexibility index (Phi) is 8.54. The van der Waals surface area contributed by atoms with Crippen LogP contribution in [0.5, 0.6) is 17.4 Å². The molecule has 206 valence electrons. The normalized spacial score (nSPS) is 13.7. The van der Waals surface area contributed by atoms with Gasteiger partial charge in [0.1, 0.15) is 24.0 Å². The van der Waals surface area contributed by atoms with Crippen LogP contribution in [0.1, 0.15) is 22.3 Å². The van der Waals surface area contributed by atoms with Crippen molar-refractivity contribution in [3.8, 4) is 23.4 Å². The van der Waals surface area contributed by atoms with Gasteiger partial charge in [-0.3, -0.25) is 9.88 Å². The summed E-state index contributed by atoms with van der Waals surface area (Å²) in [5, 5.41) is 19.3. The number of nitrogens with zero attached hydrogens (tertiary/aromatic N) is 6. The predicted molar refractivity (Wildman–Crippen MR) is 151 cm³/mol. The lowest BCUT2D eigenvalue weighted by Crippen LogP contribution is -2.47. The molecule has 1 aliphatic rings. The molecule has 3 heterocycles. The molecule has 1 saturated heterocycles. The molecule has 4 aromatic rings. The van der Waals surface area contributed by atoms with Gasteiger partial charge in [-0.2, -0.15) is 5.26 Å². The number of nitriles is 1. The molecule has 10 heteroatoms. The third kappa shape index (κ3) is 6.06. The Morgan fingerprint density at radius 2 is 1.75 bits per heavy atom. The molecule has 0 spiro atoms. The highest BCUT2D eigenvalue weighted by Crippen LogP contribution is 2.31. The van der Waals surface area contributed by atoms with Crippen molar-refractivity contribution in [1.29, 1.82) is 5.26 Å². The van der Waals surface area contributed by atoms with E-state index in [1.165, 1.54) is 0 Å². The van der Waals surface area contributed by atoms with Gasteiger partial charge in [0, 0.05) is 50.6 Å². The summed E-state index contributed by atoms with van der Waals surface area (Å²) >= 11 is 0. The van der Waals surface area contributed by atoms with Crippen molar-refractivity contribution in [3.63, 3.8) is 0 Å². The zero-order valence-electron chi connectivity index (χ0n) is 22.7. The monoisotopic (exact) mass is 540 g/mol. The summed E-state index contributed by atoms with van der Waals surface area (Å²) in [6.07, 6.45) is 4.02. The van der Waals surface area contributed by atoms with Crippen LogP contribution in [0.25, 0.3) is 11.0 Å². The molecule has 0 aliphatic carbocycles. The number of aromatic nitrogens is 3. The summed E-state index contributed by atoms with van der Waals surface area (Å²) in [6.45, 7) is 4.47. The Morgan fingerprint density at radius 3 is 2.45 bits per heavy atom. The molecule has 0 radical (unpaired) electrons. The molecule has 40 heavy (non-hydrogen) atoms. The fourth-order valence-corrected chi connectivity index (χ4v) is 4.82. The van der Waals surface area contributed by atoms with E-state index in [1.54, 1.807) is 32.7 Å². The molecule has 10 nitrogen and oxygen atoms in total. The zero-order valence-corrected chi connectivity index (χ0v) is 22.7. The number of ether oxygens (including phenoxy) is 3. The number of fused-ring (bicyclic) bond motifs is 1. The summed E-state index contributed by atoms with van der Waals surface area (Å²) < 4.78 is 16.7. The van der Waals surface area contributed by atoms with Gasteiger partial charge in [0.2, 0.25) is 5.88 Å². The minimum Gasteiger partial charge on any atom is -0.493 e. The number of aliphatic hydroxyl groups excluding tert-OH is 1. The maximum atomic E-state index is 10.1. The number of piperazine rings is 1. The molecule has 2 aromatic heterocycles. The molecule has 0 atom stereocenters. The summed E-state index contributed by atoms with van der Waals surface area (Å²) in [5.74, 6) is 2.55. The van der Waals surface area contributed by atoms with Gasteiger partial charge in [0.25, 0.3) is 0 Å². The molecule has 5 rings (SSSR count). The first-order chi connectivity index (χ1) is 19.6. The second kappa shape index (κ2) is 12.6. The van der Waals surface area contributed by atoms with E-state index in [2.05, 4.69) is 25.8 Å². The maximum absolute atomic E-state index is 10.1. The Hall–Kier alpha value is -4.46. The third-order valence-electron chi connectivity index (χ3n) is 7.04. The Labute approximate surface area is 233 Å². The molecule has 1 aliphatic heterocycles. The van der Waals surface area contributed by atoms with Crippen LogP contribution in [0.15, 0.2) is 54.9 Å². The van der Waals surface area contributed by atoms with E-state index in [-0.39, 0.29) is 6.61 Å². The van der Waals surface area contributed by atoms with Crippen molar-refractivity contribution in [2.45, 2.75) is 13.0 Å². The summed E-state index contributed by atoms with van der Waals surface area (Å²) in [6, 6.07) is 15.7. The average Bonchev–Trinajstić information content (AvgIpc) is 3.00. The molecule has 0 unspecified atom stereocenters. The molecule has 1 fully saturated rings. The molecular formula is C30H32N6O4. The fourth-order valence-electron chi connectivity index (χ4n) is 4.82. The summed E-state index contributed by atoms with van der Waals surface area (Å²) in [7, 11) is 3.19. The van der Waals surface area contributed by atoms with Crippen LogP contribution in [0.4, 0.5) is 5.82 Å². The van der Waals surface area contributed by atoms with Gasteiger partial charge >= 0.3 is 0 Å². The Bertz CT molecular complexity index is 1500. The average molecular weight is 541 g/mol. The molecule has 2 aromatic carbocycles. The first-order valence-corrected chi connectivity index (χ1v) is 13.2. The van der Waals surface area contributed by atoms with Gasteiger partial charge < -0.3 is 24.2 Å². The molecule has 0 amide bonds. The summed E-state index contributed by atoms with van der Waals surface area (Å²) in [5.41, 5.74) is 4.59. The topological polar surface area (TPSA) is 117 Å².